The summed E-state index contributed by atoms with van der Waals surface area (Å²) < 4.78 is 0. The van der Waals surface area contributed by atoms with E-state index < -0.39 is 0 Å². The van der Waals surface area contributed by atoms with E-state index >= 15 is 0 Å². The molecule has 0 unspecified atom stereocenters. The van der Waals surface area contributed by atoms with E-state index in [4.69, 9.17) is 0 Å². The Hall–Kier alpha value is -2.66. The lowest BCUT2D eigenvalue weighted by Crippen LogP contribution is -2.43. The lowest BCUT2D eigenvalue weighted by molar-refractivity contribution is 0.0700. The quantitative estimate of drug-likeness (QED) is 0.832. The fraction of sp³-hybridized carbons (Fsp3) is 0.417. The second-order valence-electron chi connectivity index (χ2n) is 8.35. The first kappa shape index (κ1) is 18.4. The molecule has 2 aromatic rings. The van der Waals surface area contributed by atoms with Crippen LogP contribution in [0, 0.1) is 5.92 Å². The Bertz CT molecular complexity index is 940. The van der Waals surface area contributed by atoms with Gasteiger partial charge >= 0.3 is 0 Å². The molecule has 5 heteroatoms. The summed E-state index contributed by atoms with van der Waals surface area (Å²) in [4.78, 5) is 19.4. The van der Waals surface area contributed by atoms with Gasteiger partial charge < -0.3 is 15.3 Å². The van der Waals surface area contributed by atoms with Crippen molar-refractivity contribution in [3.63, 3.8) is 0 Å². The van der Waals surface area contributed by atoms with Crippen LogP contribution in [0.3, 0.4) is 0 Å². The number of rotatable bonds is 3. The van der Waals surface area contributed by atoms with E-state index in [9.17, 15) is 9.90 Å². The van der Waals surface area contributed by atoms with Crippen molar-refractivity contribution >= 4 is 17.2 Å². The highest BCUT2D eigenvalue weighted by Crippen LogP contribution is 2.47. The number of aromatic nitrogens is 1. The molecule has 5 rings (SSSR count). The van der Waals surface area contributed by atoms with Crippen LogP contribution in [0.4, 0.5) is 5.69 Å². The highest BCUT2D eigenvalue weighted by molar-refractivity contribution is 5.94. The first-order valence-corrected chi connectivity index (χ1v) is 10.7. The third-order valence-electron chi connectivity index (χ3n) is 6.70. The van der Waals surface area contributed by atoms with Crippen molar-refractivity contribution in [1.29, 1.82) is 0 Å². The maximum atomic E-state index is 13.3. The number of amides is 1. The van der Waals surface area contributed by atoms with Crippen molar-refractivity contribution in [2.45, 2.75) is 44.2 Å². The summed E-state index contributed by atoms with van der Waals surface area (Å²) in [6.45, 7) is 0.774. The van der Waals surface area contributed by atoms with Gasteiger partial charge in [0.1, 0.15) is 0 Å². The van der Waals surface area contributed by atoms with Crippen molar-refractivity contribution in [3.8, 4) is 0 Å². The van der Waals surface area contributed by atoms with Crippen molar-refractivity contribution in [1.82, 2.24) is 9.88 Å². The summed E-state index contributed by atoms with van der Waals surface area (Å²) in [6, 6.07) is 10.2. The third kappa shape index (κ3) is 3.23. The zero-order chi connectivity index (χ0) is 19.8. The van der Waals surface area contributed by atoms with Crippen LogP contribution >= 0.6 is 0 Å². The van der Waals surface area contributed by atoms with Gasteiger partial charge in [0.05, 0.1) is 24.3 Å². The SMILES string of the molecule is O=C(c1cccnc1)N1CC[C@@H]2[C@H](CO)Nc3ccc(C4=CCCCC4)cc3[C@@H]21. The van der Waals surface area contributed by atoms with Crippen LogP contribution in [0.15, 0.2) is 48.8 Å². The molecule has 3 heterocycles. The maximum absolute atomic E-state index is 13.3. The predicted octanol–water partition coefficient (Wildman–Crippen LogP) is 4.03. The van der Waals surface area contributed by atoms with Crippen LogP contribution in [0.5, 0.6) is 0 Å². The van der Waals surface area contributed by atoms with Gasteiger partial charge in [-0.05, 0) is 73.1 Å². The molecule has 150 valence electrons. The van der Waals surface area contributed by atoms with Gasteiger partial charge in [-0.25, -0.2) is 0 Å². The lowest BCUT2D eigenvalue weighted by Gasteiger charge is -2.39. The van der Waals surface area contributed by atoms with Gasteiger partial charge in [0.25, 0.3) is 5.91 Å². The number of fused-ring (bicyclic) bond motifs is 3. The predicted molar refractivity (Wildman–Crippen MR) is 114 cm³/mol. The molecule has 3 aliphatic rings. The Labute approximate surface area is 171 Å². The maximum Gasteiger partial charge on any atom is 0.255 e. The third-order valence-corrected chi connectivity index (χ3v) is 6.70. The molecule has 2 N–H and O–H groups in total. The van der Waals surface area contributed by atoms with Gasteiger partial charge in [0.2, 0.25) is 0 Å². The monoisotopic (exact) mass is 389 g/mol. The van der Waals surface area contributed by atoms with E-state index in [1.165, 1.54) is 29.5 Å². The minimum Gasteiger partial charge on any atom is -0.394 e. The number of carbonyl (C=O) groups excluding carboxylic acids is 1. The van der Waals surface area contributed by atoms with Crippen LogP contribution in [0.2, 0.25) is 0 Å². The molecule has 0 bridgehead atoms. The molecule has 1 aromatic heterocycles. The van der Waals surface area contributed by atoms with Crippen LogP contribution in [-0.4, -0.2) is 40.1 Å². The smallest absolute Gasteiger partial charge is 0.255 e. The van der Waals surface area contributed by atoms with Crippen molar-refractivity contribution in [2.75, 3.05) is 18.5 Å². The molecule has 0 spiro atoms. The average molecular weight is 389 g/mol. The van der Waals surface area contributed by atoms with Crippen molar-refractivity contribution in [3.05, 3.63) is 65.5 Å². The lowest BCUT2D eigenvalue weighted by atomic mass is 9.81. The summed E-state index contributed by atoms with van der Waals surface area (Å²) in [5, 5.41) is 13.5. The van der Waals surface area contributed by atoms with Crippen LogP contribution < -0.4 is 5.32 Å². The fourth-order valence-electron chi connectivity index (χ4n) is 5.25. The first-order valence-electron chi connectivity index (χ1n) is 10.7. The van der Waals surface area contributed by atoms with E-state index in [2.05, 4.69) is 34.6 Å². The number of carbonyl (C=O) groups is 1. The van der Waals surface area contributed by atoms with Gasteiger partial charge in [0, 0.05) is 30.5 Å². The van der Waals surface area contributed by atoms with Gasteiger partial charge in [-0.15, -0.1) is 0 Å². The highest BCUT2D eigenvalue weighted by Gasteiger charge is 2.45. The van der Waals surface area contributed by atoms with Crippen LogP contribution in [0.1, 0.15) is 59.6 Å². The summed E-state index contributed by atoms with van der Waals surface area (Å²) in [7, 11) is 0. The number of aliphatic hydroxyl groups is 1. The number of allylic oxidation sites excluding steroid dienone is 2. The van der Waals surface area contributed by atoms with Crippen LogP contribution in [-0.2, 0) is 0 Å². The summed E-state index contributed by atoms with van der Waals surface area (Å²) >= 11 is 0. The molecule has 1 aliphatic carbocycles. The van der Waals surface area contributed by atoms with Crippen molar-refractivity contribution in [2.24, 2.45) is 5.92 Å². The molecule has 29 heavy (non-hydrogen) atoms. The zero-order valence-electron chi connectivity index (χ0n) is 16.6. The van der Waals surface area contributed by atoms with E-state index in [0.29, 0.717) is 12.1 Å². The van der Waals surface area contributed by atoms with E-state index in [0.717, 1.165) is 24.9 Å². The molecular weight excluding hydrogens is 362 g/mol. The van der Waals surface area contributed by atoms with Gasteiger partial charge in [-0.1, -0.05) is 12.1 Å². The van der Waals surface area contributed by atoms with Crippen LogP contribution in [0.25, 0.3) is 5.57 Å². The topological polar surface area (TPSA) is 65.5 Å². The zero-order valence-corrected chi connectivity index (χ0v) is 16.6. The molecule has 1 aromatic carbocycles. The first-order chi connectivity index (χ1) is 14.3. The minimum absolute atomic E-state index is 0.0137. The second kappa shape index (κ2) is 7.64. The van der Waals surface area contributed by atoms with Gasteiger partial charge in [-0.3, -0.25) is 9.78 Å². The number of hydrogen-bond donors (Lipinski definition) is 2. The number of pyridine rings is 1. The minimum atomic E-state index is -0.0288. The van der Waals surface area contributed by atoms with E-state index in [1.807, 2.05) is 11.0 Å². The number of nitrogens with one attached hydrogen (secondary N) is 1. The number of aliphatic hydroxyl groups excluding tert-OH is 1. The summed E-state index contributed by atoms with van der Waals surface area (Å²) in [6.07, 6.45) is 11.4. The molecular formula is C24H27N3O2. The largest absolute Gasteiger partial charge is 0.394 e. The van der Waals surface area contributed by atoms with Gasteiger partial charge in [-0.2, -0.15) is 0 Å². The molecule has 1 fully saturated rings. The Balaban J connectivity index is 1.55. The summed E-state index contributed by atoms with van der Waals surface area (Å²) in [5.74, 6) is 0.237. The van der Waals surface area contributed by atoms with E-state index in [-0.39, 0.29) is 30.5 Å². The van der Waals surface area contributed by atoms with E-state index in [1.54, 1.807) is 18.5 Å². The molecule has 2 aliphatic heterocycles. The molecule has 3 atom stereocenters. The molecule has 5 nitrogen and oxygen atoms in total. The molecule has 0 saturated carbocycles. The Kier molecular flexibility index (Phi) is 4.84. The van der Waals surface area contributed by atoms with Gasteiger partial charge in [0.15, 0.2) is 0 Å². The molecule has 1 saturated heterocycles. The van der Waals surface area contributed by atoms with Crippen molar-refractivity contribution < 1.29 is 9.90 Å². The highest BCUT2D eigenvalue weighted by atomic mass is 16.3. The standard InChI is InChI=1S/C24H27N3O2/c28-15-22-19-10-12-27(24(29)18-7-4-11-25-14-18)23(19)20-13-17(8-9-21(20)26-22)16-5-2-1-3-6-16/h4-5,7-9,11,13-14,19,22-23,26,28H,1-3,6,10,12,15H2/t19-,22+,23-/m1/s1. The second-order valence-corrected chi connectivity index (χ2v) is 8.35. The fourth-order valence-corrected chi connectivity index (χ4v) is 5.25. The Morgan fingerprint density at radius 2 is 2.21 bits per heavy atom. The number of nitrogens with zero attached hydrogens (tertiary/aromatic N) is 2. The Morgan fingerprint density at radius 3 is 2.97 bits per heavy atom. The number of benzene rings is 1. The molecule has 0 radical (unpaired) electrons. The number of likely N-dealkylation sites (tertiary alicyclic amines) is 1. The molecule has 1 amide bonds. The Morgan fingerprint density at radius 1 is 1.28 bits per heavy atom. The normalized spacial score (nSPS) is 25.6. The number of anilines is 1. The number of hydrogen-bond acceptors (Lipinski definition) is 4. The summed E-state index contributed by atoms with van der Waals surface area (Å²) in [5.41, 5.74) is 5.53. The average Bonchev–Trinajstić information content (AvgIpc) is 3.24.